The Kier molecular flexibility index (Phi) is 7.68. The maximum Gasteiger partial charge on any atom is 0.254 e. The summed E-state index contributed by atoms with van der Waals surface area (Å²) in [6.07, 6.45) is 0. The molecule has 160 valence electrons. The van der Waals surface area contributed by atoms with E-state index in [1.165, 1.54) is 0 Å². The topological polar surface area (TPSA) is 79.9 Å². The van der Waals surface area contributed by atoms with Gasteiger partial charge < -0.3 is 25.0 Å². The second-order valence-corrected chi connectivity index (χ2v) is 7.62. The molecule has 0 saturated carbocycles. The van der Waals surface area contributed by atoms with Gasteiger partial charge in [0.05, 0.1) is 26.4 Å². The van der Waals surface area contributed by atoms with E-state index in [-0.39, 0.29) is 18.4 Å². The lowest BCUT2D eigenvalue weighted by atomic mass is 10.1. The molecule has 2 aromatic rings. The van der Waals surface area contributed by atoms with Gasteiger partial charge >= 0.3 is 0 Å². The van der Waals surface area contributed by atoms with Crippen molar-refractivity contribution in [3.63, 3.8) is 0 Å². The number of hydrogen-bond acceptors (Lipinski definition) is 5. The molecule has 1 fully saturated rings. The number of morpholine rings is 1. The summed E-state index contributed by atoms with van der Waals surface area (Å²) in [6, 6.07) is 14.5. The Labute approximate surface area is 177 Å². The molecule has 7 nitrogen and oxygen atoms in total. The summed E-state index contributed by atoms with van der Waals surface area (Å²) < 4.78 is 11.0. The minimum absolute atomic E-state index is 0.0235. The predicted octanol–water partition coefficient (Wildman–Crippen LogP) is 3.24. The Hall–Kier alpha value is -3.06. The molecule has 1 saturated heterocycles. The molecule has 2 N–H and O–H groups in total. The third-order valence-corrected chi connectivity index (χ3v) is 4.56. The molecule has 1 heterocycles. The Morgan fingerprint density at radius 1 is 1.07 bits per heavy atom. The van der Waals surface area contributed by atoms with Crippen LogP contribution in [0.15, 0.2) is 48.5 Å². The average Bonchev–Trinajstić information content (AvgIpc) is 2.77. The number of carbonyl (C=O) groups is 2. The van der Waals surface area contributed by atoms with E-state index in [1.54, 1.807) is 17.0 Å². The number of ether oxygens (including phenoxy) is 2. The first-order valence-electron chi connectivity index (χ1n) is 10.2. The van der Waals surface area contributed by atoms with Crippen LogP contribution >= 0.6 is 0 Å². The molecule has 3 rings (SSSR count). The van der Waals surface area contributed by atoms with Crippen LogP contribution in [0.4, 0.5) is 11.4 Å². The highest BCUT2D eigenvalue weighted by Gasteiger charge is 2.18. The fourth-order valence-electron chi connectivity index (χ4n) is 3.03. The number of hydrogen-bond donors (Lipinski definition) is 2. The Balaban J connectivity index is 1.52. The smallest absolute Gasteiger partial charge is 0.254 e. The molecule has 0 aromatic heterocycles. The molecule has 0 unspecified atom stereocenters. The van der Waals surface area contributed by atoms with Crippen molar-refractivity contribution in [1.29, 1.82) is 0 Å². The van der Waals surface area contributed by atoms with E-state index in [2.05, 4.69) is 24.5 Å². The first-order valence-corrected chi connectivity index (χ1v) is 10.2. The summed E-state index contributed by atoms with van der Waals surface area (Å²) in [7, 11) is 0. The maximum atomic E-state index is 12.6. The van der Waals surface area contributed by atoms with Crippen LogP contribution < -0.4 is 15.4 Å². The normalized spacial score (nSPS) is 13.8. The average molecular weight is 412 g/mol. The molecular formula is C23H29N3O4. The van der Waals surface area contributed by atoms with E-state index in [0.29, 0.717) is 50.1 Å². The number of nitrogens with one attached hydrogen (secondary N) is 2. The summed E-state index contributed by atoms with van der Waals surface area (Å²) >= 11 is 0. The number of rotatable bonds is 8. The van der Waals surface area contributed by atoms with Crippen LogP contribution in [-0.2, 0) is 9.53 Å². The summed E-state index contributed by atoms with van der Waals surface area (Å²) in [6.45, 7) is 7.20. The molecule has 0 radical (unpaired) electrons. The molecule has 2 aromatic carbocycles. The highest BCUT2D eigenvalue weighted by Crippen LogP contribution is 2.18. The van der Waals surface area contributed by atoms with Gasteiger partial charge in [0, 0.05) is 36.1 Å². The van der Waals surface area contributed by atoms with Gasteiger partial charge in [-0.15, -0.1) is 0 Å². The molecule has 1 aliphatic heterocycles. The first kappa shape index (κ1) is 21.6. The molecule has 30 heavy (non-hydrogen) atoms. The van der Waals surface area contributed by atoms with Gasteiger partial charge in [-0.2, -0.15) is 0 Å². The van der Waals surface area contributed by atoms with Crippen molar-refractivity contribution in [2.45, 2.75) is 13.8 Å². The molecule has 2 amide bonds. The highest BCUT2D eigenvalue weighted by atomic mass is 16.5. The Morgan fingerprint density at radius 3 is 2.57 bits per heavy atom. The summed E-state index contributed by atoms with van der Waals surface area (Å²) in [5.74, 6) is 0.952. The number of benzene rings is 2. The van der Waals surface area contributed by atoms with Gasteiger partial charge in [-0.3, -0.25) is 9.59 Å². The quantitative estimate of drug-likeness (QED) is 0.697. The fraction of sp³-hybridized carbons (Fsp3) is 0.391. The van der Waals surface area contributed by atoms with Crippen LogP contribution in [0.5, 0.6) is 5.75 Å². The third kappa shape index (κ3) is 6.49. The van der Waals surface area contributed by atoms with Crippen molar-refractivity contribution in [2.24, 2.45) is 5.92 Å². The molecule has 0 spiro atoms. The van der Waals surface area contributed by atoms with Crippen molar-refractivity contribution in [3.05, 3.63) is 54.1 Å². The molecule has 1 aliphatic rings. The second kappa shape index (κ2) is 10.6. The van der Waals surface area contributed by atoms with Gasteiger partial charge in [-0.1, -0.05) is 26.0 Å². The first-order chi connectivity index (χ1) is 14.5. The van der Waals surface area contributed by atoms with E-state index in [9.17, 15) is 9.59 Å². The van der Waals surface area contributed by atoms with Crippen LogP contribution in [0.2, 0.25) is 0 Å². The van der Waals surface area contributed by atoms with Gasteiger partial charge in [0.25, 0.3) is 5.91 Å². The van der Waals surface area contributed by atoms with Crippen LogP contribution in [0.1, 0.15) is 24.2 Å². The van der Waals surface area contributed by atoms with Gasteiger partial charge in [0.15, 0.2) is 0 Å². The predicted molar refractivity (Wildman–Crippen MR) is 117 cm³/mol. The fourth-order valence-corrected chi connectivity index (χ4v) is 3.03. The second-order valence-electron chi connectivity index (χ2n) is 7.62. The number of carbonyl (C=O) groups excluding carboxylic acids is 2. The lowest BCUT2D eigenvalue weighted by Crippen LogP contribution is -2.40. The highest BCUT2D eigenvalue weighted by molar-refractivity contribution is 5.96. The van der Waals surface area contributed by atoms with E-state index in [4.69, 9.17) is 9.47 Å². The lowest BCUT2D eigenvalue weighted by Gasteiger charge is -2.27. The minimum atomic E-state index is -0.180. The van der Waals surface area contributed by atoms with Crippen LogP contribution in [0, 0.1) is 5.92 Å². The van der Waals surface area contributed by atoms with Gasteiger partial charge in [0.2, 0.25) is 5.91 Å². The third-order valence-electron chi connectivity index (χ3n) is 4.56. The van der Waals surface area contributed by atoms with Crippen molar-refractivity contribution < 1.29 is 19.1 Å². The van der Waals surface area contributed by atoms with Crippen molar-refractivity contribution >= 4 is 23.2 Å². The Morgan fingerprint density at radius 2 is 1.80 bits per heavy atom. The zero-order chi connectivity index (χ0) is 21.3. The van der Waals surface area contributed by atoms with Crippen LogP contribution in [0.25, 0.3) is 0 Å². The summed E-state index contributed by atoms with van der Waals surface area (Å²) in [5.41, 5.74) is 2.00. The van der Waals surface area contributed by atoms with Gasteiger partial charge in [-0.25, -0.2) is 0 Å². The van der Waals surface area contributed by atoms with E-state index < -0.39 is 0 Å². The number of amides is 2. The van der Waals surface area contributed by atoms with Crippen molar-refractivity contribution in [1.82, 2.24) is 4.90 Å². The standard InChI is InChI=1S/C23H29N3O4/c1-17(2)16-30-21-8-4-7-20(14-21)25-22(27)15-24-19-6-3-5-18(13-19)23(28)26-9-11-29-12-10-26/h3-8,13-14,17,24H,9-12,15-16H2,1-2H3,(H,25,27). The van der Waals surface area contributed by atoms with Crippen molar-refractivity contribution in [2.75, 3.05) is 50.1 Å². The SMILES string of the molecule is CC(C)COc1cccc(NC(=O)CNc2cccc(C(=O)N3CCOCC3)c2)c1. The maximum absolute atomic E-state index is 12.6. The van der Waals surface area contributed by atoms with E-state index in [1.807, 2.05) is 36.4 Å². The molecular weight excluding hydrogens is 382 g/mol. The largest absolute Gasteiger partial charge is 0.493 e. The zero-order valence-electron chi connectivity index (χ0n) is 17.5. The summed E-state index contributed by atoms with van der Waals surface area (Å²) in [5, 5.41) is 5.94. The molecule has 7 heteroatoms. The van der Waals surface area contributed by atoms with Crippen LogP contribution in [-0.4, -0.2) is 56.2 Å². The number of nitrogens with zero attached hydrogens (tertiary/aromatic N) is 1. The van der Waals surface area contributed by atoms with Gasteiger partial charge in [0.1, 0.15) is 5.75 Å². The zero-order valence-corrected chi connectivity index (χ0v) is 17.5. The molecule has 0 bridgehead atoms. The molecule has 0 atom stereocenters. The monoisotopic (exact) mass is 411 g/mol. The van der Waals surface area contributed by atoms with Gasteiger partial charge in [-0.05, 0) is 36.2 Å². The van der Waals surface area contributed by atoms with E-state index in [0.717, 1.165) is 11.4 Å². The van der Waals surface area contributed by atoms with Crippen molar-refractivity contribution in [3.8, 4) is 5.75 Å². The summed E-state index contributed by atoms with van der Waals surface area (Å²) in [4.78, 5) is 26.7. The minimum Gasteiger partial charge on any atom is -0.493 e. The molecule has 0 aliphatic carbocycles. The number of anilines is 2. The lowest BCUT2D eigenvalue weighted by molar-refractivity contribution is -0.114. The Bertz CT molecular complexity index is 863. The van der Waals surface area contributed by atoms with E-state index >= 15 is 0 Å². The van der Waals surface area contributed by atoms with Crippen LogP contribution in [0.3, 0.4) is 0 Å².